The van der Waals surface area contributed by atoms with E-state index in [1.165, 1.54) is 11.3 Å². The van der Waals surface area contributed by atoms with Crippen LogP contribution in [0.25, 0.3) is 0 Å². The Hall–Kier alpha value is -1.41. The van der Waals surface area contributed by atoms with E-state index in [0.29, 0.717) is 28.0 Å². The van der Waals surface area contributed by atoms with Gasteiger partial charge in [0.1, 0.15) is 9.88 Å². The number of aryl methyl sites for hydroxylation is 1. The highest BCUT2D eigenvalue weighted by molar-refractivity contribution is 7.15. The second kappa shape index (κ2) is 5.49. The SMILES string of the molecule is CCc1nnsc1C(=O)Nc1nnc(C(C)C)s1. The minimum absolute atomic E-state index is 0.215. The smallest absolute Gasteiger partial charge is 0.271 e. The summed E-state index contributed by atoms with van der Waals surface area (Å²) in [4.78, 5) is 12.5. The van der Waals surface area contributed by atoms with Gasteiger partial charge in [0.25, 0.3) is 5.91 Å². The van der Waals surface area contributed by atoms with Crippen LogP contribution < -0.4 is 5.32 Å². The number of aromatic nitrogens is 4. The predicted molar refractivity (Wildman–Crippen MR) is 71.2 cm³/mol. The van der Waals surface area contributed by atoms with E-state index in [4.69, 9.17) is 0 Å². The normalized spacial score (nSPS) is 10.9. The molecule has 0 aliphatic rings. The zero-order chi connectivity index (χ0) is 13.1. The van der Waals surface area contributed by atoms with Crippen molar-refractivity contribution in [1.82, 2.24) is 19.8 Å². The highest BCUT2D eigenvalue weighted by Gasteiger charge is 2.17. The van der Waals surface area contributed by atoms with Gasteiger partial charge in [0.15, 0.2) is 0 Å². The second-order valence-corrected chi connectivity index (χ2v) is 5.72. The number of hydrogen-bond donors (Lipinski definition) is 1. The molecule has 2 heterocycles. The zero-order valence-corrected chi connectivity index (χ0v) is 11.9. The monoisotopic (exact) mass is 283 g/mol. The third kappa shape index (κ3) is 2.70. The molecule has 18 heavy (non-hydrogen) atoms. The molecule has 0 spiro atoms. The summed E-state index contributed by atoms with van der Waals surface area (Å²) in [5, 5.41) is 16.0. The minimum atomic E-state index is -0.215. The first-order chi connectivity index (χ1) is 8.61. The number of nitrogens with one attached hydrogen (secondary N) is 1. The molecule has 0 aliphatic carbocycles. The van der Waals surface area contributed by atoms with Crippen LogP contribution in [0, 0.1) is 0 Å². The Morgan fingerprint density at radius 1 is 1.33 bits per heavy atom. The lowest BCUT2D eigenvalue weighted by molar-refractivity contribution is 0.102. The van der Waals surface area contributed by atoms with Crippen molar-refractivity contribution in [3.05, 3.63) is 15.6 Å². The van der Waals surface area contributed by atoms with Crippen molar-refractivity contribution in [3.8, 4) is 0 Å². The molecule has 0 fully saturated rings. The second-order valence-electron chi connectivity index (χ2n) is 3.96. The first-order valence-electron chi connectivity index (χ1n) is 5.57. The Balaban J connectivity index is 2.11. The van der Waals surface area contributed by atoms with Gasteiger partial charge < -0.3 is 0 Å². The Labute approximate surface area is 113 Å². The molecule has 8 heteroatoms. The first-order valence-corrected chi connectivity index (χ1v) is 7.16. The average Bonchev–Trinajstić information content (AvgIpc) is 2.96. The van der Waals surface area contributed by atoms with E-state index >= 15 is 0 Å². The van der Waals surface area contributed by atoms with Crippen LogP contribution in [0.4, 0.5) is 5.13 Å². The van der Waals surface area contributed by atoms with Crippen LogP contribution >= 0.6 is 22.9 Å². The lowest BCUT2D eigenvalue weighted by Crippen LogP contribution is -2.12. The van der Waals surface area contributed by atoms with Gasteiger partial charge in [-0.1, -0.05) is 36.6 Å². The van der Waals surface area contributed by atoms with E-state index in [2.05, 4.69) is 25.1 Å². The van der Waals surface area contributed by atoms with E-state index in [9.17, 15) is 4.79 Å². The van der Waals surface area contributed by atoms with Crippen molar-refractivity contribution in [3.63, 3.8) is 0 Å². The van der Waals surface area contributed by atoms with Crippen molar-refractivity contribution in [1.29, 1.82) is 0 Å². The molecule has 96 valence electrons. The zero-order valence-electron chi connectivity index (χ0n) is 10.3. The fourth-order valence-corrected chi connectivity index (χ4v) is 2.67. The molecule has 0 saturated heterocycles. The molecule has 0 bridgehead atoms. The molecule has 0 saturated carbocycles. The molecule has 2 rings (SSSR count). The van der Waals surface area contributed by atoms with Gasteiger partial charge in [0.2, 0.25) is 5.13 Å². The van der Waals surface area contributed by atoms with E-state index in [0.717, 1.165) is 16.5 Å². The molecule has 0 aromatic carbocycles. The maximum Gasteiger partial charge on any atom is 0.271 e. The lowest BCUT2D eigenvalue weighted by atomic mass is 10.2. The molecule has 6 nitrogen and oxygen atoms in total. The van der Waals surface area contributed by atoms with Crippen LogP contribution in [0.2, 0.25) is 0 Å². The largest absolute Gasteiger partial charge is 0.296 e. The van der Waals surface area contributed by atoms with Gasteiger partial charge in [0, 0.05) is 5.92 Å². The standard InChI is InChI=1S/C10H13N5OS2/c1-4-6-7(18-15-12-6)8(16)11-10-14-13-9(17-10)5(2)3/h5H,4H2,1-3H3,(H,11,14,16). The summed E-state index contributed by atoms with van der Waals surface area (Å²) < 4.78 is 3.79. The average molecular weight is 283 g/mol. The highest BCUT2D eigenvalue weighted by Crippen LogP contribution is 2.23. The molecule has 2 aromatic heterocycles. The quantitative estimate of drug-likeness (QED) is 0.931. The summed E-state index contributed by atoms with van der Waals surface area (Å²) in [6, 6.07) is 0. The van der Waals surface area contributed by atoms with Crippen LogP contribution in [0.15, 0.2) is 0 Å². The Kier molecular flexibility index (Phi) is 3.97. The molecule has 1 amide bonds. The van der Waals surface area contributed by atoms with E-state index in [-0.39, 0.29) is 5.91 Å². The van der Waals surface area contributed by atoms with Gasteiger partial charge in [-0.05, 0) is 18.0 Å². The van der Waals surface area contributed by atoms with Gasteiger partial charge in [-0.3, -0.25) is 10.1 Å². The minimum Gasteiger partial charge on any atom is -0.296 e. The lowest BCUT2D eigenvalue weighted by Gasteiger charge is -1.98. The maximum atomic E-state index is 12.0. The number of carbonyl (C=O) groups is 1. The van der Waals surface area contributed by atoms with Gasteiger partial charge in [-0.2, -0.15) is 0 Å². The van der Waals surface area contributed by atoms with Gasteiger partial charge in [0.05, 0.1) is 5.69 Å². The highest BCUT2D eigenvalue weighted by atomic mass is 32.1. The van der Waals surface area contributed by atoms with Crippen molar-refractivity contribution in [2.45, 2.75) is 33.1 Å². The fourth-order valence-electron chi connectivity index (χ4n) is 1.28. The van der Waals surface area contributed by atoms with Gasteiger partial charge in [-0.15, -0.1) is 15.3 Å². The number of rotatable bonds is 4. The Bertz CT molecular complexity index is 548. The van der Waals surface area contributed by atoms with Crippen LogP contribution in [0.3, 0.4) is 0 Å². The first kappa shape index (κ1) is 13.0. The molecule has 0 unspecified atom stereocenters. The molecule has 0 aliphatic heterocycles. The van der Waals surface area contributed by atoms with Crippen LogP contribution in [-0.2, 0) is 6.42 Å². The number of carbonyl (C=O) groups excluding carboxylic acids is 1. The number of amides is 1. The molecular weight excluding hydrogens is 270 g/mol. The van der Waals surface area contributed by atoms with Crippen molar-refractivity contribution < 1.29 is 4.79 Å². The van der Waals surface area contributed by atoms with Crippen molar-refractivity contribution in [2.24, 2.45) is 0 Å². The van der Waals surface area contributed by atoms with Gasteiger partial charge in [-0.25, -0.2) is 0 Å². The van der Waals surface area contributed by atoms with E-state index in [1.807, 2.05) is 20.8 Å². The van der Waals surface area contributed by atoms with E-state index in [1.54, 1.807) is 0 Å². The Morgan fingerprint density at radius 3 is 2.72 bits per heavy atom. The summed E-state index contributed by atoms with van der Waals surface area (Å²) >= 11 is 2.49. The summed E-state index contributed by atoms with van der Waals surface area (Å²) in [5.74, 6) is 0.0951. The van der Waals surface area contributed by atoms with Crippen LogP contribution in [-0.4, -0.2) is 25.7 Å². The van der Waals surface area contributed by atoms with Crippen molar-refractivity contribution in [2.75, 3.05) is 5.32 Å². The molecular formula is C10H13N5OS2. The summed E-state index contributed by atoms with van der Waals surface area (Å²) in [6.45, 7) is 6.01. The number of anilines is 1. The third-order valence-corrected chi connectivity index (χ3v) is 4.16. The van der Waals surface area contributed by atoms with E-state index < -0.39 is 0 Å². The molecule has 1 N–H and O–H groups in total. The summed E-state index contributed by atoms with van der Waals surface area (Å²) in [6.07, 6.45) is 0.687. The number of nitrogens with zero attached hydrogens (tertiary/aromatic N) is 4. The molecule has 0 radical (unpaired) electrons. The topological polar surface area (TPSA) is 80.7 Å². The Morgan fingerprint density at radius 2 is 2.11 bits per heavy atom. The predicted octanol–water partition coefficient (Wildman–Crippen LogP) is 2.33. The summed E-state index contributed by atoms with van der Waals surface area (Å²) in [5.41, 5.74) is 0.714. The summed E-state index contributed by atoms with van der Waals surface area (Å²) in [7, 11) is 0. The molecule has 0 atom stereocenters. The third-order valence-electron chi connectivity index (χ3n) is 2.25. The number of hydrogen-bond acceptors (Lipinski definition) is 7. The van der Waals surface area contributed by atoms with Crippen LogP contribution in [0.1, 0.15) is 47.1 Å². The van der Waals surface area contributed by atoms with Crippen LogP contribution in [0.5, 0.6) is 0 Å². The fraction of sp³-hybridized carbons (Fsp3) is 0.500. The van der Waals surface area contributed by atoms with Gasteiger partial charge >= 0.3 is 0 Å². The van der Waals surface area contributed by atoms with Crippen molar-refractivity contribution >= 4 is 33.9 Å². The molecule has 2 aromatic rings. The maximum absolute atomic E-state index is 12.0.